The van der Waals surface area contributed by atoms with E-state index in [1.54, 1.807) is 18.2 Å². The van der Waals surface area contributed by atoms with E-state index in [4.69, 9.17) is 4.74 Å². The number of hydrogen-bond acceptors (Lipinski definition) is 7. The molecule has 3 aromatic rings. The van der Waals surface area contributed by atoms with Crippen LogP contribution in [0.25, 0.3) is 11.0 Å². The van der Waals surface area contributed by atoms with Gasteiger partial charge in [-0.1, -0.05) is 30.3 Å². The van der Waals surface area contributed by atoms with Crippen molar-refractivity contribution in [3.05, 3.63) is 53.6 Å². The van der Waals surface area contributed by atoms with E-state index in [9.17, 15) is 8.42 Å². The maximum absolute atomic E-state index is 12.8. The largest absolute Gasteiger partial charge is 0.379 e. The third-order valence-corrected chi connectivity index (χ3v) is 6.58. The summed E-state index contributed by atoms with van der Waals surface area (Å²) in [5.41, 5.74) is 3.10. The third-order valence-electron chi connectivity index (χ3n) is 4.61. The Labute approximate surface area is 162 Å². The number of morpholine rings is 1. The van der Waals surface area contributed by atoms with Crippen LogP contribution in [-0.4, -0.2) is 48.4 Å². The van der Waals surface area contributed by atoms with E-state index < -0.39 is 10.0 Å². The molecule has 0 spiro atoms. The highest BCUT2D eigenvalue weighted by Crippen LogP contribution is 2.21. The smallest absolute Gasteiger partial charge is 0.243 e. The first-order chi connectivity index (χ1) is 13.1. The maximum atomic E-state index is 12.8. The molecule has 0 atom stereocenters. The molecule has 142 valence electrons. The number of aromatic nitrogens is 2. The summed E-state index contributed by atoms with van der Waals surface area (Å²) in [6.07, 6.45) is 0. The maximum Gasteiger partial charge on any atom is 0.243 e. The van der Waals surface area contributed by atoms with Crippen molar-refractivity contribution in [2.75, 3.05) is 26.3 Å². The lowest BCUT2D eigenvalue weighted by molar-refractivity contribution is 0.0341. The predicted molar refractivity (Wildman–Crippen MR) is 104 cm³/mol. The molecule has 0 saturated carbocycles. The van der Waals surface area contributed by atoms with Gasteiger partial charge in [-0.2, -0.15) is 8.75 Å². The van der Waals surface area contributed by atoms with E-state index in [0.717, 1.165) is 55.7 Å². The Bertz CT molecular complexity index is 1030. The van der Waals surface area contributed by atoms with Crippen molar-refractivity contribution in [1.82, 2.24) is 18.4 Å². The van der Waals surface area contributed by atoms with Crippen LogP contribution in [0, 0.1) is 0 Å². The minimum absolute atomic E-state index is 0.166. The fraction of sp³-hybridized carbons (Fsp3) is 0.333. The summed E-state index contributed by atoms with van der Waals surface area (Å²) < 4.78 is 42.0. The molecular formula is C18H20N4O3S2. The van der Waals surface area contributed by atoms with Crippen LogP contribution in [0.4, 0.5) is 0 Å². The van der Waals surface area contributed by atoms with Gasteiger partial charge in [0, 0.05) is 26.2 Å². The average molecular weight is 405 g/mol. The molecule has 0 aliphatic carbocycles. The predicted octanol–water partition coefficient (Wildman–Crippen LogP) is 2.00. The Morgan fingerprint density at radius 2 is 1.81 bits per heavy atom. The topological polar surface area (TPSA) is 84.4 Å². The number of fused-ring (bicyclic) bond motifs is 1. The number of ether oxygens (including phenoxy) is 1. The Morgan fingerprint density at radius 1 is 1.04 bits per heavy atom. The van der Waals surface area contributed by atoms with Crippen LogP contribution >= 0.6 is 11.7 Å². The summed E-state index contributed by atoms with van der Waals surface area (Å²) in [4.78, 5) is 2.48. The van der Waals surface area contributed by atoms with Gasteiger partial charge in [-0.15, -0.1) is 0 Å². The van der Waals surface area contributed by atoms with Crippen LogP contribution in [0.3, 0.4) is 0 Å². The van der Waals surface area contributed by atoms with E-state index in [0.29, 0.717) is 11.0 Å². The summed E-state index contributed by atoms with van der Waals surface area (Å²) in [7, 11) is -3.68. The van der Waals surface area contributed by atoms with E-state index in [-0.39, 0.29) is 11.4 Å². The van der Waals surface area contributed by atoms with Gasteiger partial charge >= 0.3 is 0 Å². The van der Waals surface area contributed by atoms with Crippen LogP contribution < -0.4 is 4.72 Å². The minimum atomic E-state index is -3.68. The molecule has 0 unspecified atom stereocenters. The van der Waals surface area contributed by atoms with E-state index in [1.165, 1.54) is 0 Å². The lowest BCUT2D eigenvalue weighted by Crippen LogP contribution is -2.36. The second kappa shape index (κ2) is 7.99. The van der Waals surface area contributed by atoms with Crippen molar-refractivity contribution in [3.63, 3.8) is 0 Å². The molecule has 9 heteroatoms. The second-order valence-corrected chi connectivity index (χ2v) is 8.63. The lowest BCUT2D eigenvalue weighted by atomic mass is 10.1. The fourth-order valence-electron chi connectivity index (χ4n) is 3.13. The quantitative estimate of drug-likeness (QED) is 0.677. The first-order valence-electron chi connectivity index (χ1n) is 8.71. The molecule has 4 rings (SSSR count). The molecule has 2 heterocycles. The molecule has 7 nitrogen and oxygen atoms in total. The molecule has 1 aliphatic rings. The number of rotatable bonds is 6. The lowest BCUT2D eigenvalue weighted by Gasteiger charge is -2.27. The molecule has 27 heavy (non-hydrogen) atoms. The average Bonchev–Trinajstić information content (AvgIpc) is 3.17. The van der Waals surface area contributed by atoms with E-state index >= 15 is 0 Å². The number of nitrogens with zero attached hydrogens (tertiary/aromatic N) is 3. The van der Waals surface area contributed by atoms with Gasteiger partial charge in [-0.3, -0.25) is 4.90 Å². The second-order valence-electron chi connectivity index (χ2n) is 6.37. The molecule has 1 aliphatic heterocycles. The van der Waals surface area contributed by atoms with Gasteiger partial charge in [0.05, 0.1) is 24.9 Å². The zero-order valence-electron chi connectivity index (χ0n) is 14.7. The first-order valence-corrected chi connectivity index (χ1v) is 10.9. The molecule has 2 aromatic carbocycles. The Balaban J connectivity index is 1.52. The SMILES string of the molecule is O=S(=O)(NCc1ccccc1CN1CCOCC1)c1cccc2nsnc12. The zero-order valence-corrected chi connectivity index (χ0v) is 16.3. The number of nitrogens with one attached hydrogen (secondary N) is 1. The molecule has 0 bridgehead atoms. The minimum Gasteiger partial charge on any atom is -0.379 e. The summed E-state index contributed by atoms with van der Waals surface area (Å²) in [5.74, 6) is 0. The molecule has 1 aromatic heterocycles. The van der Waals surface area contributed by atoms with Crippen molar-refractivity contribution in [2.24, 2.45) is 0 Å². The van der Waals surface area contributed by atoms with Gasteiger partial charge in [-0.25, -0.2) is 13.1 Å². The van der Waals surface area contributed by atoms with Gasteiger partial charge < -0.3 is 4.74 Å². The van der Waals surface area contributed by atoms with Gasteiger partial charge in [0.1, 0.15) is 15.9 Å². The highest BCUT2D eigenvalue weighted by Gasteiger charge is 2.20. The first kappa shape index (κ1) is 18.5. The normalized spacial score (nSPS) is 16.0. The zero-order chi connectivity index (χ0) is 18.7. The van der Waals surface area contributed by atoms with Gasteiger partial charge in [0.2, 0.25) is 10.0 Å². The Kier molecular flexibility index (Phi) is 5.46. The van der Waals surface area contributed by atoms with Crippen LogP contribution in [0.5, 0.6) is 0 Å². The number of benzene rings is 2. The summed E-state index contributed by atoms with van der Waals surface area (Å²) >= 11 is 1.01. The highest BCUT2D eigenvalue weighted by molar-refractivity contribution is 7.89. The molecule has 1 fully saturated rings. The molecular weight excluding hydrogens is 384 g/mol. The van der Waals surface area contributed by atoms with Crippen molar-refractivity contribution >= 4 is 32.8 Å². The number of hydrogen-bond donors (Lipinski definition) is 1. The summed E-state index contributed by atoms with van der Waals surface area (Å²) in [6.45, 7) is 4.27. The molecule has 0 amide bonds. The van der Waals surface area contributed by atoms with Crippen LogP contribution in [-0.2, 0) is 27.8 Å². The summed E-state index contributed by atoms with van der Waals surface area (Å²) in [5, 5.41) is 0. The monoisotopic (exact) mass is 404 g/mol. The fourth-order valence-corrected chi connectivity index (χ4v) is 4.90. The van der Waals surface area contributed by atoms with Gasteiger partial charge in [0.15, 0.2) is 0 Å². The molecule has 1 N–H and O–H groups in total. The van der Waals surface area contributed by atoms with Crippen LogP contribution in [0.15, 0.2) is 47.4 Å². The van der Waals surface area contributed by atoms with Crippen molar-refractivity contribution in [1.29, 1.82) is 0 Å². The standard InChI is InChI=1S/C18H20N4O3S2/c23-27(24,17-7-3-6-16-18(17)21-26-20-16)19-12-14-4-1-2-5-15(14)13-22-8-10-25-11-9-22/h1-7,19H,8-13H2. The summed E-state index contributed by atoms with van der Waals surface area (Å²) in [6, 6.07) is 12.9. The van der Waals surface area contributed by atoms with Crippen molar-refractivity contribution in [3.8, 4) is 0 Å². The highest BCUT2D eigenvalue weighted by atomic mass is 32.2. The Morgan fingerprint density at radius 3 is 2.63 bits per heavy atom. The van der Waals surface area contributed by atoms with Gasteiger partial charge in [-0.05, 0) is 23.3 Å². The number of sulfonamides is 1. The third kappa shape index (κ3) is 4.17. The molecule has 1 saturated heterocycles. The van der Waals surface area contributed by atoms with E-state index in [2.05, 4.69) is 18.4 Å². The van der Waals surface area contributed by atoms with Crippen LogP contribution in [0.1, 0.15) is 11.1 Å². The van der Waals surface area contributed by atoms with Gasteiger partial charge in [0.25, 0.3) is 0 Å². The van der Waals surface area contributed by atoms with Crippen molar-refractivity contribution in [2.45, 2.75) is 18.0 Å². The Hall–Kier alpha value is -1.91. The molecule has 0 radical (unpaired) electrons. The van der Waals surface area contributed by atoms with E-state index in [1.807, 2.05) is 24.3 Å². The van der Waals surface area contributed by atoms with Crippen LogP contribution in [0.2, 0.25) is 0 Å². The van der Waals surface area contributed by atoms with Crippen molar-refractivity contribution < 1.29 is 13.2 Å².